The Morgan fingerprint density at radius 3 is 2.94 bits per heavy atom. The van der Waals surface area contributed by atoms with E-state index in [-0.39, 0.29) is 12.0 Å². The Morgan fingerprint density at radius 2 is 2.29 bits per heavy atom. The number of carbonyl (C=O) groups is 1. The van der Waals surface area contributed by atoms with E-state index in [9.17, 15) is 4.79 Å². The van der Waals surface area contributed by atoms with Gasteiger partial charge in [-0.1, -0.05) is 6.07 Å². The molecule has 1 aromatic rings. The first-order valence-corrected chi connectivity index (χ1v) is 5.83. The molecule has 2 unspecified atom stereocenters. The van der Waals surface area contributed by atoms with Crippen molar-refractivity contribution in [2.24, 2.45) is 5.73 Å². The Bertz CT molecular complexity index is 443. The molecule has 2 rings (SSSR count). The molecular formula is C13H18N2O2. The average molecular weight is 234 g/mol. The van der Waals surface area contributed by atoms with Gasteiger partial charge in [-0.05, 0) is 38.5 Å². The van der Waals surface area contributed by atoms with E-state index in [1.807, 2.05) is 32.0 Å². The lowest BCUT2D eigenvalue weighted by atomic mass is 10.1. The summed E-state index contributed by atoms with van der Waals surface area (Å²) in [6, 6.07) is 5.34. The Morgan fingerprint density at radius 1 is 1.59 bits per heavy atom. The van der Waals surface area contributed by atoms with Gasteiger partial charge in [0.15, 0.2) is 0 Å². The lowest BCUT2D eigenvalue weighted by Gasteiger charge is -2.34. The maximum Gasteiger partial charge on any atom is 0.243 e. The van der Waals surface area contributed by atoms with Gasteiger partial charge in [-0.3, -0.25) is 4.79 Å². The van der Waals surface area contributed by atoms with E-state index in [1.54, 1.807) is 11.8 Å². The number of ether oxygens (including phenoxy) is 1. The molecule has 2 N–H and O–H groups in total. The number of aryl methyl sites for hydroxylation is 1. The number of anilines is 1. The smallest absolute Gasteiger partial charge is 0.243 e. The molecule has 0 spiro atoms. The van der Waals surface area contributed by atoms with Crippen molar-refractivity contribution in [3.05, 3.63) is 23.8 Å². The fraction of sp³-hybridized carbons (Fsp3) is 0.462. The molecule has 1 heterocycles. The molecule has 1 aromatic carbocycles. The molecule has 92 valence electrons. The monoisotopic (exact) mass is 234 g/mol. The number of carbonyl (C=O) groups excluding carboxylic acids is 1. The van der Waals surface area contributed by atoms with Gasteiger partial charge in [0.25, 0.3) is 0 Å². The maximum atomic E-state index is 12.0. The summed E-state index contributed by atoms with van der Waals surface area (Å²) in [6.45, 7) is 6.21. The summed E-state index contributed by atoms with van der Waals surface area (Å²) in [5, 5.41) is 0. The first-order valence-electron chi connectivity index (χ1n) is 5.83. The van der Waals surface area contributed by atoms with E-state index in [0.717, 1.165) is 17.0 Å². The molecule has 0 saturated heterocycles. The van der Waals surface area contributed by atoms with Crippen molar-refractivity contribution in [2.75, 3.05) is 11.4 Å². The normalized spacial score (nSPS) is 20.5. The largest absolute Gasteiger partial charge is 0.487 e. The van der Waals surface area contributed by atoms with Crippen LogP contribution in [0.5, 0.6) is 5.75 Å². The van der Waals surface area contributed by atoms with Gasteiger partial charge in [0.05, 0.1) is 18.3 Å². The third-order valence-corrected chi connectivity index (χ3v) is 2.83. The fourth-order valence-corrected chi connectivity index (χ4v) is 2.00. The van der Waals surface area contributed by atoms with Crippen LogP contribution in [0.2, 0.25) is 0 Å². The van der Waals surface area contributed by atoms with E-state index in [2.05, 4.69) is 0 Å². The van der Waals surface area contributed by atoms with Crippen LogP contribution in [0.4, 0.5) is 5.69 Å². The highest BCUT2D eigenvalue weighted by Gasteiger charge is 2.28. The first-order chi connectivity index (χ1) is 7.99. The van der Waals surface area contributed by atoms with Gasteiger partial charge in [0.2, 0.25) is 5.91 Å². The molecule has 17 heavy (non-hydrogen) atoms. The summed E-state index contributed by atoms with van der Waals surface area (Å²) >= 11 is 0. The van der Waals surface area contributed by atoms with Crippen molar-refractivity contribution in [1.82, 2.24) is 0 Å². The lowest BCUT2D eigenvalue weighted by molar-refractivity contribution is -0.119. The van der Waals surface area contributed by atoms with Gasteiger partial charge in [-0.2, -0.15) is 0 Å². The van der Waals surface area contributed by atoms with Crippen molar-refractivity contribution >= 4 is 11.6 Å². The Labute approximate surface area is 101 Å². The van der Waals surface area contributed by atoms with Crippen LogP contribution in [0.1, 0.15) is 19.4 Å². The van der Waals surface area contributed by atoms with Crippen LogP contribution in [0.3, 0.4) is 0 Å². The average Bonchev–Trinajstić information content (AvgIpc) is 2.26. The highest BCUT2D eigenvalue weighted by Crippen LogP contribution is 2.34. The van der Waals surface area contributed by atoms with Gasteiger partial charge in [-0.15, -0.1) is 0 Å². The zero-order valence-corrected chi connectivity index (χ0v) is 10.4. The Hall–Kier alpha value is -1.55. The molecule has 2 atom stereocenters. The van der Waals surface area contributed by atoms with Crippen molar-refractivity contribution in [3.8, 4) is 5.75 Å². The van der Waals surface area contributed by atoms with Gasteiger partial charge < -0.3 is 15.4 Å². The molecule has 4 heteroatoms. The van der Waals surface area contributed by atoms with Crippen LogP contribution in [-0.2, 0) is 4.79 Å². The Balaban J connectivity index is 2.41. The number of hydrogen-bond acceptors (Lipinski definition) is 3. The zero-order valence-electron chi connectivity index (χ0n) is 10.4. The number of amides is 1. The Kier molecular flexibility index (Phi) is 3.07. The molecule has 1 aliphatic rings. The SMILES string of the molecule is Cc1ccc2c(c1)OC(C)CN2C(=O)C(C)N. The molecule has 0 fully saturated rings. The van der Waals surface area contributed by atoms with Crippen LogP contribution < -0.4 is 15.4 Å². The summed E-state index contributed by atoms with van der Waals surface area (Å²) < 4.78 is 5.74. The molecule has 0 radical (unpaired) electrons. The van der Waals surface area contributed by atoms with Crippen molar-refractivity contribution in [2.45, 2.75) is 32.9 Å². The zero-order chi connectivity index (χ0) is 12.6. The van der Waals surface area contributed by atoms with E-state index >= 15 is 0 Å². The molecule has 0 aromatic heterocycles. The van der Waals surface area contributed by atoms with Crippen molar-refractivity contribution in [3.63, 3.8) is 0 Å². The number of nitrogens with zero attached hydrogens (tertiary/aromatic N) is 1. The van der Waals surface area contributed by atoms with Crippen LogP contribution in [-0.4, -0.2) is 24.6 Å². The minimum atomic E-state index is -0.491. The second-order valence-electron chi connectivity index (χ2n) is 4.64. The second-order valence-corrected chi connectivity index (χ2v) is 4.64. The molecule has 1 aliphatic heterocycles. The minimum Gasteiger partial charge on any atom is -0.487 e. The van der Waals surface area contributed by atoms with Crippen LogP contribution >= 0.6 is 0 Å². The maximum absolute atomic E-state index is 12.0. The molecule has 0 saturated carbocycles. The van der Waals surface area contributed by atoms with Gasteiger partial charge in [0, 0.05) is 0 Å². The second kappa shape index (κ2) is 4.37. The third kappa shape index (κ3) is 2.26. The molecule has 0 bridgehead atoms. The number of nitrogens with two attached hydrogens (primary N) is 1. The molecule has 1 amide bonds. The van der Waals surface area contributed by atoms with Crippen molar-refractivity contribution < 1.29 is 9.53 Å². The van der Waals surface area contributed by atoms with E-state index < -0.39 is 6.04 Å². The first kappa shape index (κ1) is 11.9. The van der Waals surface area contributed by atoms with E-state index in [1.165, 1.54) is 0 Å². The number of fused-ring (bicyclic) bond motifs is 1. The van der Waals surface area contributed by atoms with Gasteiger partial charge in [-0.25, -0.2) is 0 Å². The van der Waals surface area contributed by atoms with Crippen LogP contribution in [0.15, 0.2) is 18.2 Å². The fourth-order valence-electron chi connectivity index (χ4n) is 2.00. The summed E-state index contributed by atoms with van der Waals surface area (Å²) in [4.78, 5) is 13.8. The number of benzene rings is 1. The van der Waals surface area contributed by atoms with Gasteiger partial charge in [0.1, 0.15) is 11.9 Å². The lowest BCUT2D eigenvalue weighted by Crippen LogP contribution is -2.48. The van der Waals surface area contributed by atoms with Gasteiger partial charge >= 0.3 is 0 Å². The third-order valence-electron chi connectivity index (χ3n) is 2.83. The highest BCUT2D eigenvalue weighted by atomic mass is 16.5. The summed E-state index contributed by atoms with van der Waals surface area (Å²) in [6.07, 6.45) is -0.00741. The number of rotatable bonds is 1. The quantitative estimate of drug-likeness (QED) is 0.800. The van der Waals surface area contributed by atoms with Crippen LogP contribution in [0, 0.1) is 6.92 Å². The molecule has 0 aliphatic carbocycles. The topological polar surface area (TPSA) is 55.6 Å². The predicted octanol–water partition coefficient (Wildman–Crippen LogP) is 1.46. The molecular weight excluding hydrogens is 216 g/mol. The van der Waals surface area contributed by atoms with Crippen LogP contribution in [0.25, 0.3) is 0 Å². The standard InChI is InChI=1S/C13H18N2O2/c1-8-4-5-11-12(6-8)17-9(2)7-15(11)13(16)10(3)14/h4-6,9-10H,7,14H2,1-3H3. The van der Waals surface area contributed by atoms with E-state index in [4.69, 9.17) is 10.5 Å². The minimum absolute atomic E-state index is 0.00741. The predicted molar refractivity (Wildman–Crippen MR) is 67.3 cm³/mol. The van der Waals surface area contributed by atoms with E-state index in [0.29, 0.717) is 6.54 Å². The summed E-state index contributed by atoms with van der Waals surface area (Å²) in [5.41, 5.74) is 7.60. The summed E-state index contributed by atoms with van der Waals surface area (Å²) in [7, 11) is 0. The van der Waals surface area contributed by atoms with Crippen molar-refractivity contribution in [1.29, 1.82) is 0 Å². The molecule has 4 nitrogen and oxygen atoms in total. The number of hydrogen-bond donors (Lipinski definition) is 1. The summed E-state index contributed by atoms with van der Waals surface area (Å²) in [5.74, 6) is 0.697. The highest BCUT2D eigenvalue weighted by molar-refractivity contribution is 5.98.